The van der Waals surface area contributed by atoms with Crippen molar-refractivity contribution >= 4 is 22.6 Å². The number of carbonyl (C=O) groups is 1. The summed E-state index contributed by atoms with van der Waals surface area (Å²) in [5, 5.41) is 13.8. The zero-order valence-corrected chi connectivity index (χ0v) is 23.1. The molecule has 198 valence electrons. The third-order valence-corrected chi connectivity index (χ3v) is 6.09. The van der Waals surface area contributed by atoms with Crippen LogP contribution in [0.2, 0.25) is 0 Å². The van der Waals surface area contributed by atoms with E-state index in [0.717, 1.165) is 28.1 Å². The van der Waals surface area contributed by atoms with E-state index < -0.39 is 0 Å². The summed E-state index contributed by atoms with van der Waals surface area (Å²) in [5.74, 6) is 0.286. The Morgan fingerprint density at radius 3 is 1.97 bits per heavy atom. The number of ketones is 1. The molecule has 0 heterocycles. The first-order chi connectivity index (χ1) is 18.2. The van der Waals surface area contributed by atoms with Crippen molar-refractivity contribution in [1.29, 1.82) is 0 Å². The molecule has 0 atom stereocenters. The van der Waals surface area contributed by atoms with Crippen molar-refractivity contribution in [3.05, 3.63) is 107 Å². The molecule has 0 aliphatic carbocycles. The van der Waals surface area contributed by atoms with Gasteiger partial charge in [-0.05, 0) is 58.1 Å². The van der Waals surface area contributed by atoms with Crippen molar-refractivity contribution in [2.45, 2.75) is 20.8 Å². The summed E-state index contributed by atoms with van der Waals surface area (Å²) in [4.78, 5) is 19.5. The van der Waals surface area contributed by atoms with Gasteiger partial charge in [0, 0.05) is 41.7 Å². The lowest BCUT2D eigenvalue weighted by atomic mass is 9.93. The van der Waals surface area contributed by atoms with Crippen molar-refractivity contribution in [2.24, 2.45) is 4.99 Å². The van der Waals surface area contributed by atoms with Crippen molar-refractivity contribution in [2.75, 3.05) is 34.3 Å². The van der Waals surface area contributed by atoms with E-state index in [0.29, 0.717) is 35.7 Å². The number of aliphatic imine (C=N–C) groups is 1. The normalized spacial score (nSPS) is 13.1. The predicted octanol–water partition coefficient (Wildman–Crippen LogP) is 5.79. The fourth-order valence-corrected chi connectivity index (χ4v) is 4.33. The highest BCUT2D eigenvalue weighted by atomic mass is 16.5. The van der Waals surface area contributed by atoms with Gasteiger partial charge in [0.25, 0.3) is 0 Å². The minimum Gasteiger partial charge on any atom is -0.504 e. The third-order valence-electron chi connectivity index (χ3n) is 6.09. The van der Waals surface area contributed by atoms with E-state index in [2.05, 4.69) is 22.4 Å². The molecule has 3 aromatic carbocycles. The van der Waals surface area contributed by atoms with Crippen LogP contribution in [0.15, 0.2) is 95.2 Å². The van der Waals surface area contributed by atoms with Crippen LogP contribution in [0.1, 0.15) is 37.5 Å². The Morgan fingerprint density at radius 1 is 0.842 bits per heavy atom. The molecule has 0 spiro atoms. The van der Waals surface area contributed by atoms with Gasteiger partial charge in [0.1, 0.15) is 6.61 Å². The third kappa shape index (κ3) is 7.20. The maximum absolute atomic E-state index is 12.9. The zero-order chi connectivity index (χ0) is 27.7. The van der Waals surface area contributed by atoms with Crippen LogP contribution in [0.25, 0.3) is 11.1 Å². The molecule has 2 N–H and O–H groups in total. The number of allylic oxidation sites excluding steroid dienone is 4. The highest BCUT2D eigenvalue weighted by Crippen LogP contribution is 2.32. The number of likely N-dealkylation sites (N-methyl/N-ethyl adjacent to an activating group) is 1. The Morgan fingerprint density at radius 2 is 1.42 bits per heavy atom. The van der Waals surface area contributed by atoms with Gasteiger partial charge < -0.3 is 20.1 Å². The van der Waals surface area contributed by atoms with Gasteiger partial charge in [-0.25, -0.2) is 0 Å². The highest BCUT2D eigenvalue weighted by molar-refractivity contribution is 6.32. The second-order valence-electron chi connectivity index (χ2n) is 9.32. The van der Waals surface area contributed by atoms with Crippen LogP contribution in [-0.2, 0) is 4.79 Å². The van der Waals surface area contributed by atoms with Gasteiger partial charge in [-0.15, -0.1) is 0 Å². The van der Waals surface area contributed by atoms with E-state index in [9.17, 15) is 9.90 Å². The van der Waals surface area contributed by atoms with Crippen LogP contribution in [0.4, 0.5) is 0 Å². The minimum absolute atomic E-state index is 0.0371. The summed E-state index contributed by atoms with van der Waals surface area (Å²) in [6, 6.07) is 25.1. The zero-order valence-electron chi connectivity index (χ0n) is 23.1. The molecule has 0 aromatic heterocycles. The Hall–Kier alpha value is -4.16. The lowest BCUT2D eigenvalue weighted by Crippen LogP contribution is -2.19. The van der Waals surface area contributed by atoms with Crippen LogP contribution >= 0.6 is 0 Å². The summed E-state index contributed by atoms with van der Waals surface area (Å²) in [7, 11) is 5.70. The number of Topliss-reactive ketones (excluding diaryl/α,β-unsaturated/α-hetero) is 1. The molecule has 0 aliphatic rings. The number of nitrogens with zero attached hydrogens (tertiary/aromatic N) is 2. The first-order valence-electron chi connectivity index (χ1n) is 12.6. The molecule has 3 aromatic rings. The molecule has 0 aliphatic heterocycles. The average molecular weight is 512 g/mol. The number of hydrogen-bond donors (Lipinski definition) is 2. The van der Waals surface area contributed by atoms with Crippen molar-refractivity contribution in [3.63, 3.8) is 0 Å². The second-order valence-corrected chi connectivity index (χ2v) is 9.32. The maximum Gasteiger partial charge on any atom is 0.162 e. The lowest BCUT2D eigenvalue weighted by Gasteiger charge is -2.19. The van der Waals surface area contributed by atoms with E-state index >= 15 is 0 Å². The van der Waals surface area contributed by atoms with E-state index in [4.69, 9.17) is 4.74 Å². The van der Waals surface area contributed by atoms with Crippen LogP contribution in [0.5, 0.6) is 11.5 Å². The fraction of sp³-hybridized carbons (Fsp3) is 0.250. The molecule has 0 amide bonds. The number of hydrogen-bond acceptors (Lipinski definition) is 6. The molecule has 0 radical (unpaired) electrons. The number of nitrogens with one attached hydrogen (secondary N) is 1. The molecular weight excluding hydrogens is 474 g/mol. The number of rotatable bonds is 11. The first kappa shape index (κ1) is 28.4. The van der Waals surface area contributed by atoms with Crippen LogP contribution < -0.4 is 10.1 Å². The SMILES string of the molecule is CN=C(/C(=C(\C)N/C(C)=C(\C(C)=O)c1ccc(O)c(OCCN(C)C)c1)c1ccccc1)c1ccccc1. The number of phenolic OH excluding ortho intramolecular Hbond substituents is 1. The number of benzene rings is 3. The van der Waals surface area contributed by atoms with Gasteiger partial charge in [-0.2, -0.15) is 0 Å². The molecule has 3 rings (SSSR count). The Kier molecular flexibility index (Phi) is 10.0. The largest absolute Gasteiger partial charge is 0.504 e. The van der Waals surface area contributed by atoms with Gasteiger partial charge in [0.05, 0.1) is 5.71 Å². The predicted molar refractivity (Wildman–Crippen MR) is 157 cm³/mol. The van der Waals surface area contributed by atoms with Crippen molar-refractivity contribution in [3.8, 4) is 11.5 Å². The number of ether oxygens (including phenoxy) is 1. The smallest absolute Gasteiger partial charge is 0.162 e. The molecule has 0 unspecified atom stereocenters. The highest BCUT2D eigenvalue weighted by Gasteiger charge is 2.18. The van der Waals surface area contributed by atoms with Gasteiger partial charge in [-0.1, -0.05) is 66.7 Å². The van der Waals surface area contributed by atoms with E-state index in [1.54, 1.807) is 32.2 Å². The van der Waals surface area contributed by atoms with Crippen LogP contribution in [-0.4, -0.2) is 55.8 Å². The van der Waals surface area contributed by atoms with Crippen molar-refractivity contribution in [1.82, 2.24) is 10.2 Å². The first-order valence-corrected chi connectivity index (χ1v) is 12.6. The van der Waals surface area contributed by atoms with E-state index in [-0.39, 0.29) is 11.5 Å². The molecule has 6 nitrogen and oxygen atoms in total. The number of aromatic hydroxyl groups is 1. The van der Waals surface area contributed by atoms with Gasteiger partial charge in [0.15, 0.2) is 17.3 Å². The molecule has 0 saturated heterocycles. The lowest BCUT2D eigenvalue weighted by molar-refractivity contribution is -0.111. The van der Waals surface area contributed by atoms with E-state index in [1.807, 2.05) is 81.4 Å². The van der Waals surface area contributed by atoms with E-state index in [1.165, 1.54) is 0 Å². The monoisotopic (exact) mass is 511 g/mol. The quantitative estimate of drug-likeness (QED) is 0.252. The van der Waals surface area contributed by atoms with Gasteiger partial charge >= 0.3 is 0 Å². The molecule has 0 bridgehead atoms. The maximum atomic E-state index is 12.9. The molecular formula is C32H37N3O3. The summed E-state index contributed by atoms with van der Waals surface area (Å²) in [6.45, 7) is 6.54. The summed E-state index contributed by atoms with van der Waals surface area (Å²) in [5.41, 5.74) is 6.54. The number of phenols is 1. The Bertz CT molecular complexity index is 1340. The molecule has 38 heavy (non-hydrogen) atoms. The molecule has 0 saturated carbocycles. The Balaban J connectivity index is 2.08. The average Bonchev–Trinajstić information content (AvgIpc) is 2.89. The Labute approximate surface area is 226 Å². The topological polar surface area (TPSA) is 74.2 Å². The number of carbonyl (C=O) groups excluding carboxylic acids is 1. The fourth-order valence-electron chi connectivity index (χ4n) is 4.33. The molecule has 0 fully saturated rings. The van der Waals surface area contributed by atoms with Crippen LogP contribution in [0.3, 0.4) is 0 Å². The minimum atomic E-state index is -0.0959. The standard InChI is InChI=1S/C32H37N3O3/c1-22(30(24(3)36)27-17-18-28(37)29(21-27)38-20-19-35(5)6)34-23(2)31(25-13-9-7-10-14-25)32(33-4)26-15-11-8-12-16-26/h7-18,21,34,37H,19-20H2,1-6H3/b30-22+,31-23+,33-32?. The molecule has 6 heteroatoms. The summed E-state index contributed by atoms with van der Waals surface area (Å²) < 4.78 is 5.80. The second kappa shape index (κ2) is 13.4. The summed E-state index contributed by atoms with van der Waals surface area (Å²) in [6.07, 6.45) is 0. The van der Waals surface area contributed by atoms with Crippen molar-refractivity contribution < 1.29 is 14.6 Å². The van der Waals surface area contributed by atoms with Gasteiger partial charge in [0.2, 0.25) is 0 Å². The van der Waals surface area contributed by atoms with Gasteiger partial charge in [-0.3, -0.25) is 9.79 Å². The van der Waals surface area contributed by atoms with Crippen LogP contribution in [0, 0.1) is 0 Å². The summed E-state index contributed by atoms with van der Waals surface area (Å²) >= 11 is 0.